The van der Waals surface area contributed by atoms with Crippen LogP contribution in [0.15, 0.2) is 85.1 Å². The zero-order chi connectivity index (χ0) is 22.9. The number of thiocarbonyl (C=S) groups is 1. The quantitative estimate of drug-likeness (QED) is 0.378. The highest BCUT2D eigenvalue weighted by atomic mass is 32.1. The van der Waals surface area contributed by atoms with Gasteiger partial charge in [0, 0.05) is 29.8 Å². The Kier molecular flexibility index (Phi) is 5.73. The van der Waals surface area contributed by atoms with Crippen LogP contribution in [0.25, 0.3) is 5.69 Å². The van der Waals surface area contributed by atoms with Crippen molar-refractivity contribution >= 4 is 17.3 Å². The Morgan fingerprint density at radius 1 is 0.909 bits per heavy atom. The minimum absolute atomic E-state index is 0.0191. The van der Waals surface area contributed by atoms with Gasteiger partial charge in [0.15, 0.2) is 5.11 Å². The van der Waals surface area contributed by atoms with Crippen molar-refractivity contribution in [2.75, 3.05) is 0 Å². The Bertz CT molecular complexity index is 1260. The van der Waals surface area contributed by atoms with Crippen LogP contribution in [0.4, 0.5) is 0 Å². The zero-order valence-corrected chi connectivity index (χ0v) is 20.0. The number of hydrogen-bond donors (Lipinski definition) is 1. The predicted octanol–water partition coefficient (Wildman–Crippen LogP) is 5.97. The van der Waals surface area contributed by atoms with Crippen molar-refractivity contribution in [3.05, 3.63) is 119 Å². The third-order valence-corrected chi connectivity index (χ3v) is 6.83. The molecule has 1 aliphatic heterocycles. The van der Waals surface area contributed by atoms with Gasteiger partial charge < -0.3 is 14.8 Å². The lowest BCUT2D eigenvalue weighted by Gasteiger charge is -2.28. The topological polar surface area (TPSA) is 33.1 Å². The summed E-state index contributed by atoms with van der Waals surface area (Å²) in [6.07, 6.45) is 1.85. The molecule has 5 rings (SSSR count). The first kappa shape index (κ1) is 21.4. The highest BCUT2D eigenvalue weighted by molar-refractivity contribution is 7.80. The van der Waals surface area contributed by atoms with Crippen LogP contribution in [0.5, 0.6) is 0 Å². The van der Waals surface area contributed by atoms with E-state index in [1.54, 1.807) is 0 Å². The number of pyridine rings is 1. The van der Waals surface area contributed by atoms with Crippen molar-refractivity contribution in [2.24, 2.45) is 0 Å². The molecule has 3 heterocycles. The van der Waals surface area contributed by atoms with E-state index < -0.39 is 0 Å². The summed E-state index contributed by atoms with van der Waals surface area (Å²) in [5, 5.41) is 4.34. The maximum absolute atomic E-state index is 5.86. The SMILES string of the molecule is Cc1ccc(-n2c(C)cc([C@@H]3[C@@H](c4ccccn4)NC(=S)N3Cc3ccccc3)c2C)cc1. The molecule has 4 nitrogen and oxygen atoms in total. The van der Waals surface area contributed by atoms with Gasteiger partial charge in [-0.15, -0.1) is 0 Å². The lowest BCUT2D eigenvalue weighted by Crippen LogP contribution is -2.29. The molecule has 2 aromatic heterocycles. The number of aryl methyl sites for hydroxylation is 2. The standard InChI is InChI=1S/C28H28N4S/c1-19-12-14-23(15-13-19)32-20(2)17-24(21(32)3)27-26(25-11-7-8-16-29-25)30-28(33)31(27)18-22-9-5-4-6-10-22/h4-17,26-27H,18H2,1-3H3,(H,30,33)/t26-,27-/m1/s1. The summed E-state index contributed by atoms with van der Waals surface area (Å²) in [5.41, 5.74) is 8.39. The first-order valence-corrected chi connectivity index (χ1v) is 11.7. The molecule has 1 aliphatic rings. The Balaban J connectivity index is 1.61. The molecule has 1 fully saturated rings. The van der Waals surface area contributed by atoms with Crippen LogP contribution in [-0.2, 0) is 6.54 Å². The molecule has 0 radical (unpaired) electrons. The van der Waals surface area contributed by atoms with E-state index >= 15 is 0 Å². The van der Waals surface area contributed by atoms with Crippen molar-refractivity contribution in [1.82, 2.24) is 19.8 Å². The highest BCUT2D eigenvalue weighted by Crippen LogP contribution is 2.42. The van der Waals surface area contributed by atoms with Gasteiger partial charge in [-0.3, -0.25) is 4.98 Å². The molecule has 0 aliphatic carbocycles. The van der Waals surface area contributed by atoms with E-state index in [0.29, 0.717) is 0 Å². The number of hydrogen-bond acceptors (Lipinski definition) is 2. The molecule has 2 aromatic carbocycles. The molecule has 0 saturated carbocycles. The van der Waals surface area contributed by atoms with Crippen LogP contribution in [-0.4, -0.2) is 19.6 Å². The van der Waals surface area contributed by atoms with E-state index in [1.807, 2.05) is 24.4 Å². The van der Waals surface area contributed by atoms with Crippen LogP contribution in [0.1, 0.15) is 45.9 Å². The summed E-state index contributed by atoms with van der Waals surface area (Å²) >= 11 is 5.86. The van der Waals surface area contributed by atoms with Crippen molar-refractivity contribution in [2.45, 2.75) is 39.4 Å². The van der Waals surface area contributed by atoms with Crippen molar-refractivity contribution in [3.63, 3.8) is 0 Å². The zero-order valence-electron chi connectivity index (χ0n) is 19.2. The van der Waals surface area contributed by atoms with Gasteiger partial charge in [0.25, 0.3) is 0 Å². The molecule has 33 heavy (non-hydrogen) atoms. The first-order chi connectivity index (χ1) is 16.0. The van der Waals surface area contributed by atoms with Crippen LogP contribution in [0.2, 0.25) is 0 Å². The second-order valence-corrected chi connectivity index (χ2v) is 9.12. The predicted molar refractivity (Wildman–Crippen MR) is 137 cm³/mol. The summed E-state index contributed by atoms with van der Waals surface area (Å²) in [6, 6.07) is 27.6. The van der Waals surface area contributed by atoms with Gasteiger partial charge in [-0.2, -0.15) is 0 Å². The van der Waals surface area contributed by atoms with Crippen molar-refractivity contribution in [1.29, 1.82) is 0 Å². The van der Waals surface area contributed by atoms with Gasteiger partial charge in [0.05, 0.1) is 17.8 Å². The van der Waals surface area contributed by atoms with Gasteiger partial charge in [-0.25, -0.2) is 0 Å². The fraction of sp³-hybridized carbons (Fsp3) is 0.214. The summed E-state index contributed by atoms with van der Waals surface area (Å²) in [7, 11) is 0. The minimum atomic E-state index is -0.0191. The van der Waals surface area contributed by atoms with Crippen LogP contribution < -0.4 is 5.32 Å². The van der Waals surface area contributed by atoms with Crippen LogP contribution >= 0.6 is 12.2 Å². The Morgan fingerprint density at radius 3 is 2.33 bits per heavy atom. The fourth-order valence-electron chi connectivity index (χ4n) is 4.87. The summed E-state index contributed by atoms with van der Waals surface area (Å²) in [6.45, 7) is 7.25. The Labute approximate surface area is 200 Å². The fourth-order valence-corrected chi connectivity index (χ4v) is 5.18. The van der Waals surface area contributed by atoms with E-state index in [9.17, 15) is 0 Å². The van der Waals surface area contributed by atoms with Gasteiger partial charge in [0.2, 0.25) is 0 Å². The molecule has 166 valence electrons. The lowest BCUT2D eigenvalue weighted by atomic mass is 9.96. The monoisotopic (exact) mass is 452 g/mol. The third kappa shape index (κ3) is 4.05. The number of rotatable bonds is 5. The smallest absolute Gasteiger partial charge is 0.170 e. The molecule has 5 heteroatoms. The third-order valence-electron chi connectivity index (χ3n) is 6.47. The molecule has 1 saturated heterocycles. The van der Waals surface area contributed by atoms with Gasteiger partial charge in [0.1, 0.15) is 0 Å². The maximum Gasteiger partial charge on any atom is 0.170 e. The second-order valence-electron chi connectivity index (χ2n) is 8.74. The molecule has 0 bridgehead atoms. The summed E-state index contributed by atoms with van der Waals surface area (Å²) in [4.78, 5) is 6.99. The maximum atomic E-state index is 5.86. The van der Waals surface area contributed by atoms with Gasteiger partial charge in [-0.1, -0.05) is 54.1 Å². The lowest BCUT2D eigenvalue weighted by molar-refractivity contribution is 0.310. The van der Waals surface area contributed by atoms with E-state index in [0.717, 1.165) is 17.4 Å². The molecular formula is C28H28N4S. The molecule has 0 amide bonds. The van der Waals surface area contributed by atoms with Gasteiger partial charge >= 0.3 is 0 Å². The number of nitrogens with zero attached hydrogens (tertiary/aromatic N) is 3. The normalized spacial score (nSPS) is 17.9. The second kappa shape index (κ2) is 8.83. The molecule has 2 atom stereocenters. The van der Waals surface area contributed by atoms with E-state index in [2.05, 4.69) is 101 Å². The molecule has 0 unspecified atom stereocenters. The molecule has 1 N–H and O–H groups in total. The van der Waals surface area contributed by atoms with E-state index in [4.69, 9.17) is 12.2 Å². The van der Waals surface area contributed by atoms with E-state index in [1.165, 1.54) is 33.8 Å². The van der Waals surface area contributed by atoms with Crippen molar-refractivity contribution in [3.8, 4) is 5.69 Å². The van der Waals surface area contributed by atoms with Crippen LogP contribution in [0, 0.1) is 20.8 Å². The summed E-state index contributed by atoms with van der Waals surface area (Å²) < 4.78 is 2.34. The number of aromatic nitrogens is 2. The van der Waals surface area contributed by atoms with Crippen molar-refractivity contribution < 1.29 is 0 Å². The minimum Gasteiger partial charge on any atom is -0.352 e. The first-order valence-electron chi connectivity index (χ1n) is 11.3. The number of benzene rings is 2. The number of nitrogens with one attached hydrogen (secondary N) is 1. The average molecular weight is 453 g/mol. The largest absolute Gasteiger partial charge is 0.352 e. The van der Waals surface area contributed by atoms with Gasteiger partial charge in [-0.05, 0) is 74.4 Å². The average Bonchev–Trinajstić information content (AvgIpc) is 3.31. The molecule has 0 spiro atoms. The molecular weight excluding hydrogens is 424 g/mol. The molecule has 4 aromatic rings. The summed E-state index contributed by atoms with van der Waals surface area (Å²) in [5.74, 6) is 0. The van der Waals surface area contributed by atoms with E-state index in [-0.39, 0.29) is 12.1 Å². The highest BCUT2D eigenvalue weighted by Gasteiger charge is 2.41. The Morgan fingerprint density at radius 2 is 1.64 bits per heavy atom. The Hall–Kier alpha value is -3.44. The van der Waals surface area contributed by atoms with Crippen LogP contribution in [0.3, 0.4) is 0 Å².